The van der Waals surface area contributed by atoms with E-state index in [1.54, 1.807) is 4.90 Å². The Labute approximate surface area is 169 Å². The number of amides is 1. The van der Waals surface area contributed by atoms with E-state index in [9.17, 15) is 14.0 Å². The number of carbonyl (C=O) groups excluding carboxylic acids is 1. The van der Waals surface area contributed by atoms with Crippen LogP contribution in [0.15, 0.2) is 69.2 Å². The first kappa shape index (κ1) is 17.8. The van der Waals surface area contributed by atoms with Crippen molar-refractivity contribution in [2.24, 2.45) is 0 Å². The maximum absolute atomic E-state index is 13.8. The van der Waals surface area contributed by atoms with Gasteiger partial charge in [0.05, 0.1) is 10.9 Å². The lowest BCUT2D eigenvalue weighted by atomic mass is 10.0. The molecule has 1 unspecified atom stereocenters. The summed E-state index contributed by atoms with van der Waals surface area (Å²) in [5, 5.41) is 2.06. The topological polar surface area (TPSA) is 50.5 Å². The van der Waals surface area contributed by atoms with E-state index in [-0.39, 0.29) is 33.6 Å². The molecule has 0 saturated heterocycles. The van der Waals surface area contributed by atoms with E-state index in [0.717, 1.165) is 16.0 Å². The average Bonchev–Trinajstić information content (AvgIpc) is 3.32. The van der Waals surface area contributed by atoms with Crippen LogP contribution in [0, 0.1) is 12.7 Å². The SMILES string of the molecule is Cc1ccc(CN2C(=O)c3oc4ccc(F)cc4c(=O)c3C2c2cccs2)cc1. The molecular formula is C23H16FNO3S. The first-order valence-corrected chi connectivity index (χ1v) is 10.1. The summed E-state index contributed by atoms with van der Waals surface area (Å²) in [6.45, 7) is 2.35. The van der Waals surface area contributed by atoms with Gasteiger partial charge in [0, 0.05) is 11.4 Å². The summed E-state index contributed by atoms with van der Waals surface area (Å²) in [5.74, 6) is -0.805. The van der Waals surface area contributed by atoms with Gasteiger partial charge in [-0.3, -0.25) is 9.59 Å². The lowest BCUT2D eigenvalue weighted by Gasteiger charge is -2.24. The van der Waals surface area contributed by atoms with Crippen molar-refractivity contribution < 1.29 is 13.6 Å². The maximum Gasteiger partial charge on any atom is 0.291 e. The van der Waals surface area contributed by atoms with Crippen molar-refractivity contribution in [3.63, 3.8) is 0 Å². The van der Waals surface area contributed by atoms with Gasteiger partial charge in [-0.2, -0.15) is 0 Å². The van der Waals surface area contributed by atoms with Crippen molar-refractivity contribution in [2.45, 2.75) is 19.5 Å². The van der Waals surface area contributed by atoms with Gasteiger partial charge in [0.1, 0.15) is 17.4 Å². The number of halogens is 1. The van der Waals surface area contributed by atoms with Gasteiger partial charge in [-0.1, -0.05) is 35.9 Å². The van der Waals surface area contributed by atoms with E-state index < -0.39 is 11.9 Å². The van der Waals surface area contributed by atoms with Gasteiger partial charge in [0.15, 0.2) is 5.43 Å². The molecule has 5 rings (SSSR count). The Bertz CT molecular complexity index is 1290. The van der Waals surface area contributed by atoms with E-state index in [0.29, 0.717) is 6.54 Å². The highest BCUT2D eigenvalue weighted by Crippen LogP contribution is 2.40. The van der Waals surface area contributed by atoms with E-state index in [1.807, 2.05) is 48.7 Å². The van der Waals surface area contributed by atoms with Gasteiger partial charge in [-0.05, 0) is 42.1 Å². The molecule has 1 amide bonds. The van der Waals surface area contributed by atoms with Gasteiger partial charge < -0.3 is 9.32 Å². The third-order valence-electron chi connectivity index (χ3n) is 5.21. The Balaban J connectivity index is 1.71. The number of hydrogen-bond acceptors (Lipinski definition) is 4. The molecule has 0 saturated carbocycles. The number of nitrogens with zero attached hydrogens (tertiary/aromatic N) is 1. The number of aryl methyl sites for hydroxylation is 1. The predicted molar refractivity (Wildman–Crippen MR) is 110 cm³/mol. The third kappa shape index (κ3) is 2.87. The van der Waals surface area contributed by atoms with Crippen molar-refractivity contribution in [3.8, 4) is 0 Å². The van der Waals surface area contributed by atoms with E-state index in [1.165, 1.54) is 29.5 Å². The zero-order chi connectivity index (χ0) is 20.1. The molecule has 0 fully saturated rings. The van der Waals surface area contributed by atoms with Crippen LogP contribution in [0.1, 0.15) is 38.2 Å². The highest BCUT2D eigenvalue weighted by Gasteiger charge is 2.43. The molecule has 0 radical (unpaired) electrons. The molecule has 2 aromatic heterocycles. The Morgan fingerprint density at radius 3 is 2.62 bits per heavy atom. The molecule has 0 spiro atoms. The standard InChI is InChI=1S/C23H16FNO3S/c1-13-4-6-14(7-5-13)12-25-20(18-3-2-10-29-18)19-21(26)16-11-15(24)8-9-17(16)28-22(19)23(25)27/h2-11,20H,12H2,1H3. The van der Waals surface area contributed by atoms with Gasteiger partial charge in [0.25, 0.3) is 5.91 Å². The van der Waals surface area contributed by atoms with Crippen molar-refractivity contribution >= 4 is 28.2 Å². The Hall–Kier alpha value is -3.25. The van der Waals surface area contributed by atoms with Gasteiger partial charge >= 0.3 is 0 Å². The third-order valence-corrected chi connectivity index (χ3v) is 6.14. The van der Waals surface area contributed by atoms with Crippen LogP contribution >= 0.6 is 11.3 Å². The molecule has 0 aliphatic carbocycles. The fourth-order valence-electron chi connectivity index (χ4n) is 3.79. The van der Waals surface area contributed by atoms with Crippen LogP contribution in [-0.2, 0) is 6.54 Å². The number of hydrogen-bond donors (Lipinski definition) is 0. The van der Waals surface area contributed by atoms with E-state index in [2.05, 4.69) is 0 Å². The Morgan fingerprint density at radius 1 is 1.10 bits per heavy atom. The summed E-state index contributed by atoms with van der Waals surface area (Å²) in [7, 11) is 0. The van der Waals surface area contributed by atoms with Crippen LogP contribution in [0.4, 0.5) is 4.39 Å². The first-order chi connectivity index (χ1) is 14.0. The zero-order valence-corrected chi connectivity index (χ0v) is 16.3. The lowest BCUT2D eigenvalue weighted by molar-refractivity contribution is 0.0716. The molecule has 1 aliphatic rings. The van der Waals surface area contributed by atoms with Crippen LogP contribution in [-0.4, -0.2) is 10.8 Å². The smallest absolute Gasteiger partial charge is 0.291 e. The molecule has 0 bridgehead atoms. The second-order valence-electron chi connectivity index (χ2n) is 7.15. The van der Waals surface area contributed by atoms with Crippen LogP contribution in [0.2, 0.25) is 0 Å². The molecule has 144 valence electrons. The molecular weight excluding hydrogens is 389 g/mol. The fourth-order valence-corrected chi connectivity index (χ4v) is 4.63. The molecule has 29 heavy (non-hydrogen) atoms. The molecule has 6 heteroatoms. The molecule has 1 aliphatic heterocycles. The summed E-state index contributed by atoms with van der Waals surface area (Å²) in [6.07, 6.45) is 0. The number of fused-ring (bicyclic) bond motifs is 2. The molecule has 4 aromatic rings. The molecule has 1 atom stereocenters. The number of carbonyl (C=O) groups is 1. The molecule has 0 N–H and O–H groups in total. The zero-order valence-electron chi connectivity index (χ0n) is 15.5. The molecule has 4 nitrogen and oxygen atoms in total. The summed E-state index contributed by atoms with van der Waals surface area (Å²) in [6, 6.07) is 14.9. The van der Waals surface area contributed by atoms with Crippen LogP contribution in [0.25, 0.3) is 11.0 Å². The molecule has 2 aromatic carbocycles. The van der Waals surface area contributed by atoms with Gasteiger partial charge in [-0.15, -0.1) is 11.3 Å². The second kappa shape index (κ2) is 6.67. The lowest BCUT2D eigenvalue weighted by Crippen LogP contribution is -2.28. The summed E-state index contributed by atoms with van der Waals surface area (Å²) >= 11 is 1.47. The Morgan fingerprint density at radius 2 is 1.90 bits per heavy atom. The van der Waals surface area contributed by atoms with Crippen molar-refractivity contribution in [3.05, 3.63) is 103 Å². The highest BCUT2D eigenvalue weighted by atomic mass is 32.1. The number of benzene rings is 2. The second-order valence-corrected chi connectivity index (χ2v) is 8.13. The monoisotopic (exact) mass is 405 g/mol. The summed E-state index contributed by atoms with van der Waals surface area (Å²) in [5.41, 5.74) is 2.22. The van der Waals surface area contributed by atoms with E-state index >= 15 is 0 Å². The first-order valence-electron chi connectivity index (χ1n) is 9.19. The summed E-state index contributed by atoms with van der Waals surface area (Å²) in [4.78, 5) is 29.0. The molecule has 3 heterocycles. The van der Waals surface area contributed by atoms with Crippen LogP contribution in [0.5, 0.6) is 0 Å². The number of rotatable bonds is 3. The minimum Gasteiger partial charge on any atom is -0.450 e. The highest BCUT2D eigenvalue weighted by molar-refractivity contribution is 7.10. The summed E-state index contributed by atoms with van der Waals surface area (Å²) < 4.78 is 19.6. The van der Waals surface area contributed by atoms with Crippen LogP contribution < -0.4 is 5.43 Å². The van der Waals surface area contributed by atoms with Crippen molar-refractivity contribution in [2.75, 3.05) is 0 Å². The fraction of sp³-hybridized carbons (Fsp3) is 0.130. The minimum atomic E-state index is -0.553. The maximum atomic E-state index is 13.8. The Kier molecular flexibility index (Phi) is 4.10. The quantitative estimate of drug-likeness (QED) is 0.479. The average molecular weight is 405 g/mol. The number of thiophene rings is 1. The van der Waals surface area contributed by atoms with Crippen LogP contribution in [0.3, 0.4) is 0 Å². The van der Waals surface area contributed by atoms with Gasteiger partial charge in [0.2, 0.25) is 5.76 Å². The predicted octanol–water partition coefficient (Wildman–Crippen LogP) is 5.05. The van der Waals surface area contributed by atoms with Crippen molar-refractivity contribution in [1.29, 1.82) is 0 Å². The van der Waals surface area contributed by atoms with Gasteiger partial charge in [-0.25, -0.2) is 4.39 Å². The largest absolute Gasteiger partial charge is 0.450 e. The van der Waals surface area contributed by atoms with Crippen molar-refractivity contribution in [1.82, 2.24) is 4.90 Å². The minimum absolute atomic E-state index is 0.0413. The normalized spacial score (nSPS) is 15.9. The van der Waals surface area contributed by atoms with E-state index in [4.69, 9.17) is 4.42 Å².